The lowest BCUT2D eigenvalue weighted by molar-refractivity contribution is 0.138. The van der Waals surface area contributed by atoms with Crippen molar-refractivity contribution in [1.29, 1.82) is 0 Å². The molecular weight excluding hydrogens is 426 g/mol. The largest absolute Gasteiger partial charge is 0.497 e. The summed E-state index contributed by atoms with van der Waals surface area (Å²) in [5.74, 6) is 2.49. The van der Waals surface area contributed by atoms with E-state index in [0.29, 0.717) is 13.3 Å². The Balaban J connectivity index is 1.25. The highest BCUT2D eigenvalue weighted by atomic mass is 16.5. The first-order valence-electron chi connectivity index (χ1n) is 11.6. The molecule has 0 aliphatic rings. The van der Waals surface area contributed by atoms with Crippen LogP contribution >= 0.6 is 0 Å². The average molecular weight is 460 g/mol. The normalized spacial score (nSPS) is 11.2. The molecule has 1 heterocycles. The molecule has 3 aromatic carbocycles. The minimum Gasteiger partial charge on any atom is -0.497 e. The van der Waals surface area contributed by atoms with Gasteiger partial charge in [-0.2, -0.15) is 0 Å². The van der Waals surface area contributed by atoms with Crippen LogP contribution in [0.5, 0.6) is 17.2 Å². The molecule has 0 saturated heterocycles. The summed E-state index contributed by atoms with van der Waals surface area (Å²) in [5, 5.41) is 4.43. The van der Waals surface area contributed by atoms with E-state index in [0.717, 1.165) is 48.0 Å². The molecule has 34 heavy (non-hydrogen) atoms. The van der Waals surface area contributed by atoms with Gasteiger partial charge in [0.25, 0.3) is 0 Å². The van der Waals surface area contributed by atoms with Gasteiger partial charge in [0.1, 0.15) is 24.0 Å². The molecular formula is C28H33N3O3. The van der Waals surface area contributed by atoms with Gasteiger partial charge in [0.2, 0.25) is 0 Å². The van der Waals surface area contributed by atoms with Crippen molar-refractivity contribution in [1.82, 2.24) is 9.47 Å². The molecule has 178 valence electrons. The SMILES string of the molecule is COc1ccc(NCOCc2ccc(Oc3ccc4c(ccn4CCCN(C)C)c3)cc2)cc1. The van der Waals surface area contributed by atoms with Crippen molar-refractivity contribution < 1.29 is 14.2 Å². The molecule has 0 saturated carbocycles. The van der Waals surface area contributed by atoms with Crippen LogP contribution in [0, 0.1) is 0 Å². The van der Waals surface area contributed by atoms with Crippen molar-refractivity contribution >= 4 is 16.6 Å². The van der Waals surface area contributed by atoms with Gasteiger partial charge in [-0.25, -0.2) is 0 Å². The zero-order valence-electron chi connectivity index (χ0n) is 20.2. The Morgan fingerprint density at radius 1 is 0.853 bits per heavy atom. The highest BCUT2D eigenvalue weighted by Gasteiger charge is 2.05. The first-order valence-corrected chi connectivity index (χ1v) is 11.6. The third kappa shape index (κ3) is 6.53. The Bertz CT molecular complexity index is 1170. The summed E-state index contributed by atoms with van der Waals surface area (Å²) in [4.78, 5) is 2.22. The van der Waals surface area contributed by atoms with Crippen LogP contribution in [0.1, 0.15) is 12.0 Å². The highest BCUT2D eigenvalue weighted by Crippen LogP contribution is 2.27. The predicted octanol–water partition coefficient (Wildman–Crippen LogP) is 5.98. The van der Waals surface area contributed by atoms with Gasteiger partial charge in [-0.3, -0.25) is 0 Å². The molecule has 4 aromatic rings. The minimum absolute atomic E-state index is 0.430. The maximum atomic E-state index is 6.09. The van der Waals surface area contributed by atoms with E-state index in [1.165, 1.54) is 10.9 Å². The fraction of sp³-hybridized carbons (Fsp3) is 0.286. The summed E-state index contributed by atoms with van der Waals surface area (Å²) in [5.41, 5.74) is 3.32. The predicted molar refractivity (Wildman–Crippen MR) is 138 cm³/mol. The van der Waals surface area contributed by atoms with Crippen molar-refractivity contribution in [3.63, 3.8) is 0 Å². The van der Waals surface area contributed by atoms with Crippen molar-refractivity contribution in [2.24, 2.45) is 0 Å². The van der Waals surface area contributed by atoms with Gasteiger partial charge in [0.15, 0.2) is 0 Å². The summed E-state index contributed by atoms with van der Waals surface area (Å²) in [6.45, 7) is 3.05. The van der Waals surface area contributed by atoms with E-state index in [4.69, 9.17) is 14.2 Å². The smallest absolute Gasteiger partial charge is 0.128 e. The summed E-state index contributed by atoms with van der Waals surface area (Å²) < 4.78 is 19.3. The van der Waals surface area contributed by atoms with Gasteiger partial charge in [0.05, 0.1) is 13.7 Å². The fourth-order valence-corrected chi connectivity index (χ4v) is 3.80. The molecule has 0 radical (unpaired) electrons. The van der Waals surface area contributed by atoms with Crippen LogP contribution in [0.2, 0.25) is 0 Å². The van der Waals surface area contributed by atoms with Crippen molar-refractivity contribution in [3.05, 3.63) is 84.6 Å². The van der Waals surface area contributed by atoms with Gasteiger partial charge >= 0.3 is 0 Å². The van der Waals surface area contributed by atoms with Gasteiger partial charge in [-0.1, -0.05) is 12.1 Å². The van der Waals surface area contributed by atoms with Gasteiger partial charge in [0, 0.05) is 29.3 Å². The zero-order chi connectivity index (χ0) is 23.8. The molecule has 1 aromatic heterocycles. The lowest BCUT2D eigenvalue weighted by Crippen LogP contribution is -2.14. The van der Waals surface area contributed by atoms with Crippen LogP contribution in [-0.4, -0.2) is 43.9 Å². The second kappa shape index (κ2) is 11.6. The molecule has 0 atom stereocenters. The second-order valence-corrected chi connectivity index (χ2v) is 8.53. The number of hydrogen-bond acceptors (Lipinski definition) is 5. The van der Waals surface area contributed by atoms with Crippen molar-refractivity contribution in [2.45, 2.75) is 19.6 Å². The molecule has 6 heteroatoms. The number of methoxy groups -OCH3 is 1. The number of nitrogens with zero attached hydrogens (tertiary/aromatic N) is 2. The Hall–Kier alpha value is -3.48. The number of ether oxygens (including phenoxy) is 3. The number of hydrogen-bond donors (Lipinski definition) is 1. The first-order chi connectivity index (χ1) is 16.6. The number of rotatable bonds is 12. The van der Waals surface area contributed by atoms with E-state index >= 15 is 0 Å². The quantitative estimate of drug-likeness (QED) is 0.209. The number of aryl methyl sites for hydroxylation is 1. The van der Waals surface area contributed by atoms with Crippen molar-refractivity contribution in [2.75, 3.05) is 39.8 Å². The monoisotopic (exact) mass is 459 g/mol. The van der Waals surface area contributed by atoms with E-state index in [2.05, 4.69) is 53.3 Å². The van der Waals surface area contributed by atoms with E-state index in [-0.39, 0.29) is 0 Å². The Morgan fingerprint density at radius 2 is 1.59 bits per heavy atom. The van der Waals surface area contributed by atoms with Crippen LogP contribution in [0.4, 0.5) is 5.69 Å². The van der Waals surface area contributed by atoms with E-state index in [1.54, 1.807) is 7.11 Å². The molecule has 6 nitrogen and oxygen atoms in total. The topological polar surface area (TPSA) is 47.9 Å². The summed E-state index contributed by atoms with van der Waals surface area (Å²) in [7, 11) is 5.88. The van der Waals surface area contributed by atoms with E-state index < -0.39 is 0 Å². The molecule has 4 rings (SSSR count). The van der Waals surface area contributed by atoms with E-state index in [9.17, 15) is 0 Å². The van der Waals surface area contributed by atoms with Gasteiger partial charge in [-0.05, 0) is 93.3 Å². The Labute approximate surface area is 201 Å². The van der Waals surface area contributed by atoms with Crippen LogP contribution < -0.4 is 14.8 Å². The molecule has 0 fully saturated rings. The third-order valence-electron chi connectivity index (χ3n) is 5.64. The summed E-state index contributed by atoms with van der Waals surface area (Å²) in [6.07, 6.45) is 3.28. The average Bonchev–Trinajstić information content (AvgIpc) is 3.25. The van der Waals surface area contributed by atoms with Gasteiger partial charge < -0.3 is 29.0 Å². The van der Waals surface area contributed by atoms with Gasteiger partial charge in [-0.15, -0.1) is 0 Å². The Kier molecular flexibility index (Phi) is 8.07. The van der Waals surface area contributed by atoms with E-state index in [1.807, 2.05) is 54.6 Å². The Morgan fingerprint density at radius 3 is 2.32 bits per heavy atom. The highest BCUT2D eigenvalue weighted by molar-refractivity contribution is 5.81. The molecule has 0 spiro atoms. The number of aromatic nitrogens is 1. The molecule has 0 aliphatic carbocycles. The second-order valence-electron chi connectivity index (χ2n) is 8.53. The molecule has 0 amide bonds. The van der Waals surface area contributed by atoms with Crippen LogP contribution in [0.15, 0.2) is 79.0 Å². The molecule has 0 aliphatic heterocycles. The molecule has 0 unspecified atom stereocenters. The van der Waals surface area contributed by atoms with Crippen molar-refractivity contribution in [3.8, 4) is 17.2 Å². The fourth-order valence-electron chi connectivity index (χ4n) is 3.80. The lowest BCUT2D eigenvalue weighted by atomic mass is 10.2. The number of fused-ring (bicyclic) bond motifs is 1. The zero-order valence-corrected chi connectivity index (χ0v) is 20.2. The minimum atomic E-state index is 0.430. The number of benzene rings is 3. The maximum Gasteiger partial charge on any atom is 0.128 e. The molecule has 0 bridgehead atoms. The van der Waals surface area contributed by atoms with Crippen LogP contribution in [0.3, 0.4) is 0 Å². The number of anilines is 1. The standard InChI is InChI=1S/C28H33N3O3/c1-30(2)16-4-17-31-18-15-23-19-27(13-14-28(23)31)34-26-9-5-22(6-10-26)20-33-21-29-24-7-11-25(32-3)12-8-24/h5-15,18-19,29H,4,16-17,20-21H2,1-3H3. The number of nitrogens with one attached hydrogen (secondary N) is 1. The van der Waals surface area contributed by atoms with Crippen LogP contribution in [-0.2, 0) is 17.9 Å². The van der Waals surface area contributed by atoms with Crippen LogP contribution in [0.25, 0.3) is 10.9 Å². The molecule has 1 N–H and O–H groups in total. The summed E-state index contributed by atoms with van der Waals surface area (Å²) >= 11 is 0. The third-order valence-corrected chi connectivity index (χ3v) is 5.64. The maximum absolute atomic E-state index is 6.09. The lowest BCUT2D eigenvalue weighted by Gasteiger charge is -2.11. The first kappa shape index (κ1) is 23.7. The summed E-state index contributed by atoms with van der Waals surface area (Å²) in [6, 6.07) is 24.2.